The fraction of sp³-hybridized carbons (Fsp3) is 0.462. The second-order valence-electron chi connectivity index (χ2n) is 4.94. The van der Waals surface area contributed by atoms with Crippen LogP contribution < -0.4 is 5.73 Å². The number of hydrogen-bond acceptors (Lipinski definition) is 3. The van der Waals surface area contributed by atoms with Crippen LogP contribution in [-0.2, 0) is 16.1 Å². The topological polar surface area (TPSA) is 52.3 Å². The number of ether oxygens (including phenoxy) is 1. The molecule has 0 aliphatic carbocycles. The Kier molecular flexibility index (Phi) is 6.21. The van der Waals surface area contributed by atoms with E-state index < -0.39 is 6.04 Å². The van der Waals surface area contributed by atoms with E-state index in [1.54, 1.807) is 0 Å². The summed E-state index contributed by atoms with van der Waals surface area (Å²) in [5.41, 5.74) is 6.48. The monoisotopic (exact) mass is 257 g/mol. The lowest BCUT2D eigenvalue weighted by atomic mass is 9.87. The van der Waals surface area contributed by atoms with Crippen molar-refractivity contribution in [1.82, 2.24) is 0 Å². The molecule has 0 fully saturated rings. The Morgan fingerprint density at radius 1 is 1.29 bits per heavy atom. The normalized spacial score (nSPS) is 12.5. The molecule has 17 heavy (non-hydrogen) atoms. The number of hydrogen-bond donors (Lipinski definition) is 1. The second-order valence-corrected chi connectivity index (χ2v) is 4.94. The first-order chi connectivity index (χ1) is 7.41. The van der Waals surface area contributed by atoms with Gasteiger partial charge in [-0.2, -0.15) is 0 Å². The number of esters is 1. The average Bonchev–Trinajstić information content (AvgIpc) is 2.25. The standard InChI is InChI=1S/C13H19NO2.ClH/c1-13(2,3)11(14)12(15)16-9-10-7-5-4-6-8-10;/h4-8,11H,9,14H2,1-3H3;1H. The Hall–Kier alpha value is -1.06. The van der Waals surface area contributed by atoms with Gasteiger partial charge >= 0.3 is 5.97 Å². The third-order valence-electron chi connectivity index (χ3n) is 2.41. The molecular formula is C13H20ClNO2. The van der Waals surface area contributed by atoms with Crippen LogP contribution in [0.25, 0.3) is 0 Å². The molecule has 0 heterocycles. The van der Waals surface area contributed by atoms with Crippen molar-refractivity contribution >= 4 is 18.4 Å². The number of halogens is 1. The van der Waals surface area contributed by atoms with Gasteiger partial charge in [-0.25, -0.2) is 0 Å². The predicted molar refractivity (Wildman–Crippen MR) is 70.9 cm³/mol. The minimum atomic E-state index is -0.587. The summed E-state index contributed by atoms with van der Waals surface area (Å²) in [4.78, 5) is 11.6. The zero-order valence-corrected chi connectivity index (χ0v) is 11.3. The predicted octanol–water partition coefficient (Wildman–Crippen LogP) is 2.53. The van der Waals surface area contributed by atoms with Crippen LogP contribution in [0.15, 0.2) is 30.3 Å². The molecule has 0 aliphatic heterocycles. The highest BCUT2D eigenvalue weighted by Gasteiger charge is 2.28. The van der Waals surface area contributed by atoms with Crippen LogP contribution in [-0.4, -0.2) is 12.0 Å². The molecule has 96 valence electrons. The lowest BCUT2D eigenvalue weighted by Crippen LogP contribution is -2.43. The van der Waals surface area contributed by atoms with Crippen molar-refractivity contribution < 1.29 is 9.53 Å². The molecule has 0 spiro atoms. The van der Waals surface area contributed by atoms with E-state index in [0.29, 0.717) is 0 Å². The van der Waals surface area contributed by atoms with E-state index in [4.69, 9.17) is 10.5 Å². The zero-order chi connectivity index (χ0) is 12.2. The van der Waals surface area contributed by atoms with Crippen LogP contribution in [0.5, 0.6) is 0 Å². The van der Waals surface area contributed by atoms with Crippen LogP contribution >= 0.6 is 12.4 Å². The summed E-state index contributed by atoms with van der Waals surface area (Å²) in [6, 6.07) is 8.98. The molecule has 2 N–H and O–H groups in total. The van der Waals surface area contributed by atoms with Crippen molar-refractivity contribution in [2.24, 2.45) is 11.1 Å². The summed E-state index contributed by atoms with van der Waals surface area (Å²) >= 11 is 0. The van der Waals surface area contributed by atoms with Crippen molar-refractivity contribution in [3.8, 4) is 0 Å². The number of carbonyl (C=O) groups is 1. The first-order valence-electron chi connectivity index (χ1n) is 5.37. The van der Waals surface area contributed by atoms with Crippen molar-refractivity contribution in [2.75, 3.05) is 0 Å². The van der Waals surface area contributed by atoms with Gasteiger partial charge in [0.25, 0.3) is 0 Å². The van der Waals surface area contributed by atoms with E-state index in [1.807, 2.05) is 51.1 Å². The molecule has 4 heteroatoms. The number of benzene rings is 1. The van der Waals surface area contributed by atoms with Gasteiger partial charge in [0, 0.05) is 0 Å². The minimum absolute atomic E-state index is 0. The molecule has 0 aliphatic rings. The summed E-state index contributed by atoms with van der Waals surface area (Å²) < 4.78 is 5.15. The van der Waals surface area contributed by atoms with Gasteiger partial charge in [-0.3, -0.25) is 4.79 Å². The summed E-state index contributed by atoms with van der Waals surface area (Å²) in [6.07, 6.45) is 0. The zero-order valence-electron chi connectivity index (χ0n) is 10.5. The van der Waals surface area contributed by atoms with E-state index in [0.717, 1.165) is 5.56 Å². The van der Waals surface area contributed by atoms with E-state index in [1.165, 1.54) is 0 Å². The molecule has 1 unspecified atom stereocenters. The minimum Gasteiger partial charge on any atom is -0.460 e. The quantitative estimate of drug-likeness (QED) is 0.847. The Balaban J connectivity index is 0.00000256. The molecule has 0 amide bonds. The largest absolute Gasteiger partial charge is 0.460 e. The molecule has 0 bridgehead atoms. The van der Waals surface area contributed by atoms with E-state index in [9.17, 15) is 4.79 Å². The molecule has 0 saturated heterocycles. The van der Waals surface area contributed by atoms with Gasteiger partial charge in [-0.1, -0.05) is 51.1 Å². The van der Waals surface area contributed by atoms with Crippen molar-refractivity contribution in [1.29, 1.82) is 0 Å². The molecule has 1 aromatic carbocycles. The lowest BCUT2D eigenvalue weighted by molar-refractivity contribution is -0.149. The van der Waals surface area contributed by atoms with Gasteiger partial charge in [0.15, 0.2) is 0 Å². The lowest BCUT2D eigenvalue weighted by Gasteiger charge is -2.24. The maximum absolute atomic E-state index is 11.6. The fourth-order valence-corrected chi connectivity index (χ4v) is 1.17. The van der Waals surface area contributed by atoms with Gasteiger partial charge in [-0.05, 0) is 11.0 Å². The molecular weight excluding hydrogens is 238 g/mol. The van der Waals surface area contributed by atoms with Crippen molar-refractivity contribution in [2.45, 2.75) is 33.4 Å². The van der Waals surface area contributed by atoms with Crippen molar-refractivity contribution in [3.63, 3.8) is 0 Å². The highest BCUT2D eigenvalue weighted by molar-refractivity contribution is 5.85. The van der Waals surface area contributed by atoms with Gasteiger partial charge in [0.2, 0.25) is 0 Å². The summed E-state index contributed by atoms with van der Waals surface area (Å²) in [7, 11) is 0. The smallest absolute Gasteiger partial charge is 0.323 e. The molecule has 1 aromatic rings. The summed E-state index contributed by atoms with van der Waals surface area (Å²) in [5.74, 6) is -0.351. The average molecular weight is 258 g/mol. The number of carbonyl (C=O) groups excluding carboxylic acids is 1. The first kappa shape index (κ1) is 15.9. The number of rotatable bonds is 3. The maximum Gasteiger partial charge on any atom is 0.323 e. The van der Waals surface area contributed by atoms with Crippen LogP contribution in [0.3, 0.4) is 0 Å². The molecule has 0 aromatic heterocycles. The van der Waals surface area contributed by atoms with Crippen LogP contribution in [0.1, 0.15) is 26.3 Å². The highest BCUT2D eigenvalue weighted by Crippen LogP contribution is 2.18. The van der Waals surface area contributed by atoms with Crippen LogP contribution in [0.4, 0.5) is 0 Å². The van der Waals surface area contributed by atoms with Gasteiger partial charge in [0.05, 0.1) is 0 Å². The maximum atomic E-state index is 11.6. The number of nitrogens with two attached hydrogens (primary N) is 1. The highest BCUT2D eigenvalue weighted by atomic mass is 35.5. The first-order valence-corrected chi connectivity index (χ1v) is 5.37. The third-order valence-corrected chi connectivity index (χ3v) is 2.41. The van der Waals surface area contributed by atoms with E-state index in [-0.39, 0.29) is 30.4 Å². The molecule has 1 atom stereocenters. The molecule has 0 radical (unpaired) electrons. The third kappa shape index (κ3) is 5.20. The van der Waals surface area contributed by atoms with E-state index >= 15 is 0 Å². The molecule has 0 saturated carbocycles. The van der Waals surface area contributed by atoms with E-state index in [2.05, 4.69) is 0 Å². The summed E-state index contributed by atoms with van der Waals surface area (Å²) in [6.45, 7) is 6.04. The fourth-order valence-electron chi connectivity index (χ4n) is 1.17. The van der Waals surface area contributed by atoms with Gasteiger partial charge in [-0.15, -0.1) is 12.4 Å². The Morgan fingerprint density at radius 2 is 1.82 bits per heavy atom. The van der Waals surface area contributed by atoms with Crippen molar-refractivity contribution in [3.05, 3.63) is 35.9 Å². The molecule has 3 nitrogen and oxygen atoms in total. The Bertz CT molecular complexity index is 346. The van der Waals surface area contributed by atoms with Gasteiger partial charge in [0.1, 0.15) is 12.6 Å². The Morgan fingerprint density at radius 3 is 2.29 bits per heavy atom. The van der Waals surface area contributed by atoms with Crippen LogP contribution in [0.2, 0.25) is 0 Å². The Labute approximate surface area is 109 Å². The van der Waals surface area contributed by atoms with Gasteiger partial charge < -0.3 is 10.5 Å². The second kappa shape index (κ2) is 6.62. The SMILES string of the molecule is CC(C)(C)C(N)C(=O)OCc1ccccc1.Cl. The molecule has 1 rings (SSSR count). The summed E-state index contributed by atoms with van der Waals surface area (Å²) in [5, 5.41) is 0. The van der Waals surface area contributed by atoms with Crippen LogP contribution in [0, 0.1) is 5.41 Å².